The molecule has 0 aromatic carbocycles. The van der Waals surface area contributed by atoms with E-state index in [9.17, 15) is 0 Å². The van der Waals surface area contributed by atoms with Gasteiger partial charge in [-0.05, 0) is 24.9 Å². The first kappa shape index (κ1) is 12.4. The second kappa shape index (κ2) is 7.63. The number of aromatic nitrogens is 2. The molecule has 0 atom stereocenters. The first-order valence-electron chi connectivity index (χ1n) is 5.54. The fourth-order valence-corrected chi connectivity index (χ4v) is 1.95. The Hall–Kier alpha value is -0.640. The zero-order valence-electron chi connectivity index (χ0n) is 9.70. The van der Waals surface area contributed by atoms with Gasteiger partial charge in [-0.3, -0.25) is 0 Å². The second-order valence-electron chi connectivity index (χ2n) is 3.70. The number of thioether (sulfide) groups is 1. The molecule has 0 aliphatic carbocycles. The van der Waals surface area contributed by atoms with E-state index >= 15 is 0 Å². The monoisotopic (exact) mass is 227 g/mol. The highest BCUT2D eigenvalue weighted by atomic mass is 32.2. The second-order valence-corrected chi connectivity index (χ2v) is 4.68. The van der Waals surface area contributed by atoms with E-state index in [-0.39, 0.29) is 0 Å². The van der Waals surface area contributed by atoms with Gasteiger partial charge in [0.2, 0.25) is 5.95 Å². The highest BCUT2D eigenvalue weighted by Crippen LogP contribution is 2.06. The fourth-order valence-electron chi connectivity index (χ4n) is 1.46. The average Bonchev–Trinajstić information content (AvgIpc) is 2.63. The summed E-state index contributed by atoms with van der Waals surface area (Å²) in [5.74, 6) is 2.27. The topological polar surface area (TPSA) is 29.9 Å². The molecular weight excluding hydrogens is 206 g/mol. The van der Waals surface area contributed by atoms with Gasteiger partial charge in [-0.1, -0.05) is 12.8 Å². The predicted molar refractivity (Wildman–Crippen MR) is 68.5 cm³/mol. The molecule has 4 heteroatoms. The lowest BCUT2D eigenvalue weighted by molar-refractivity contribution is 0.685. The summed E-state index contributed by atoms with van der Waals surface area (Å²) in [6.07, 6.45) is 11.2. The zero-order chi connectivity index (χ0) is 10.9. The van der Waals surface area contributed by atoms with Gasteiger partial charge < -0.3 is 9.88 Å². The molecule has 0 amide bonds. The summed E-state index contributed by atoms with van der Waals surface area (Å²) in [4.78, 5) is 4.21. The number of anilines is 1. The SMILES string of the molecule is CSCCCCCCNc1nccn1C. The number of nitrogens with zero attached hydrogens (tertiary/aromatic N) is 2. The summed E-state index contributed by atoms with van der Waals surface area (Å²) >= 11 is 1.94. The molecule has 0 aliphatic rings. The zero-order valence-corrected chi connectivity index (χ0v) is 10.5. The molecule has 1 N–H and O–H groups in total. The van der Waals surface area contributed by atoms with Crippen LogP contribution < -0.4 is 5.32 Å². The summed E-state index contributed by atoms with van der Waals surface area (Å²) in [6.45, 7) is 1.03. The number of nitrogens with one attached hydrogen (secondary N) is 1. The summed E-state index contributed by atoms with van der Waals surface area (Å²) in [5.41, 5.74) is 0. The van der Waals surface area contributed by atoms with Gasteiger partial charge in [-0.15, -0.1) is 0 Å². The van der Waals surface area contributed by atoms with Gasteiger partial charge in [0.15, 0.2) is 0 Å². The standard InChI is InChI=1S/C11H21N3S/c1-14-9-8-13-11(14)12-7-5-3-4-6-10-15-2/h8-9H,3-7,10H2,1-2H3,(H,12,13). The highest BCUT2D eigenvalue weighted by molar-refractivity contribution is 7.98. The van der Waals surface area contributed by atoms with Crippen molar-refractivity contribution in [2.24, 2.45) is 7.05 Å². The Balaban J connectivity index is 1.96. The van der Waals surface area contributed by atoms with Crippen molar-refractivity contribution in [3.63, 3.8) is 0 Å². The van der Waals surface area contributed by atoms with Crippen molar-refractivity contribution >= 4 is 17.7 Å². The van der Waals surface area contributed by atoms with Gasteiger partial charge >= 0.3 is 0 Å². The van der Waals surface area contributed by atoms with Crippen molar-refractivity contribution in [2.45, 2.75) is 25.7 Å². The average molecular weight is 227 g/mol. The van der Waals surface area contributed by atoms with Crippen LogP contribution in [-0.4, -0.2) is 28.1 Å². The molecule has 3 nitrogen and oxygen atoms in total. The van der Waals surface area contributed by atoms with Gasteiger partial charge in [0, 0.05) is 26.0 Å². The molecule has 0 aliphatic heterocycles. The van der Waals surface area contributed by atoms with Crippen LogP contribution in [-0.2, 0) is 7.05 Å². The maximum Gasteiger partial charge on any atom is 0.202 e. The van der Waals surface area contributed by atoms with Crippen LogP contribution in [0.2, 0.25) is 0 Å². The number of unbranched alkanes of at least 4 members (excludes halogenated alkanes) is 3. The van der Waals surface area contributed by atoms with Crippen molar-refractivity contribution < 1.29 is 0 Å². The molecule has 1 rings (SSSR count). The summed E-state index contributed by atoms with van der Waals surface area (Å²) < 4.78 is 2.01. The molecule has 0 radical (unpaired) electrons. The van der Waals surface area contributed by atoms with E-state index in [4.69, 9.17) is 0 Å². The van der Waals surface area contributed by atoms with Crippen LogP contribution in [0.4, 0.5) is 5.95 Å². The maximum atomic E-state index is 4.21. The Bertz CT molecular complexity index is 260. The molecule has 0 bridgehead atoms. The molecule has 1 heterocycles. The molecule has 0 saturated carbocycles. The van der Waals surface area contributed by atoms with Crippen LogP contribution in [0.1, 0.15) is 25.7 Å². The van der Waals surface area contributed by atoms with Crippen molar-refractivity contribution in [3.8, 4) is 0 Å². The lowest BCUT2D eigenvalue weighted by Gasteiger charge is -2.05. The van der Waals surface area contributed by atoms with E-state index in [1.807, 2.05) is 35.8 Å². The largest absolute Gasteiger partial charge is 0.356 e. The number of hydrogen-bond acceptors (Lipinski definition) is 3. The van der Waals surface area contributed by atoms with Crippen LogP contribution in [0.3, 0.4) is 0 Å². The molecule has 0 saturated heterocycles. The van der Waals surface area contributed by atoms with E-state index < -0.39 is 0 Å². The minimum atomic E-state index is 0.971. The minimum Gasteiger partial charge on any atom is -0.356 e. The third-order valence-electron chi connectivity index (χ3n) is 2.38. The van der Waals surface area contributed by atoms with E-state index in [2.05, 4.69) is 16.6 Å². The number of imidazole rings is 1. The van der Waals surface area contributed by atoms with Gasteiger partial charge in [0.05, 0.1) is 0 Å². The van der Waals surface area contributed by atoms with Crippen LogP contribution in [0.5, 0.6) is 0 Å². The van der Waals surface area contributed by atoms with Crippen molar-refractivity contribution in [1.82, 2.24) is 9.55 Å². The van der Waals surface area contributed by atoms with E-state index in [1.54, 1.807) is 0 Å². The first-order valence-corrected chi connectivity index (χ1v) is 6.94. The van der Waals surface area contributed by atoms with Gasteiger partial charge in [0.25, 0.3) is 0 Å². The lowest BCUT2D eigenvalue weighted by atomic mass is 10.2. The Labute approximate surface area is 96.7 Å². The first-order chi connectivity index (χ1) is 7.34. The van der Waals surface area contributed by atoms with Gasteiger partial charge in [-0.25, -0.2) is 4.98 Å². The van der Waals surface area contributed by atoms with Crippen LogP contribution in [0.15, 0.2) is 12.4 Å². The maximum absolute atomic E-state index is 4.21. The Morgan fingerprint density at radius 2 is 2.13 bits per heavy atom. The molecular formula is C11H21N3S. The molecule has 1 aromatic heterocycles. The fraction of sp³-hybridized carbons (Fsp3) is 0.727. The summed E-state index contributed by atoms with van der Waals surface area (Å²) in [6, 6.07) is 0. The Kier molecular flexibility index (Phi) is 6.32. The minimum absolute atomic E-state index is 0.971. The third kappa shape index (κ3) is 5.11. The predicted octanol–water partition coefficient (Wildman–Crippen LogP) is 2.76. The smallest absolute Gasteiger partial charge is 0.202 e. The van der Waals surface area contributed by atoms with E-state index in [1.165, 1.54) is 31.4 Å². The quantitative estimate of drug-likeness (QED) is 0.693. The van der Waals surface area contributed by atoms with Gasteiger partial charge in [-0.2, -0.15) is 11.8 Å². The number of rotatable bonds is 8. The molecule has 0 fully saturated rings. The number of hydrogen-bond donors (Lipinski definition) is 1. The number of aryl methyl sites for hydroxylation is 1. The van der Waals surface area contributed by atoms with E-state index in [0.717, 1.165) is 12.5 Å². The van der Waals surface area contributed by atoms with Crippen molar-refractivity contribution in [2.75, 3.05) is 23.9 Å². The van der Waals surface area contributed by atoms with Crippen LogP contribution >= 0.6 is 11.8 Å². The third-order valence-corrected chi connectivity index (χ3v) is 3.08. The molecule has 0 spiro atoms. The van der Waals surface area contributed by atoms with Crippen LogP contribution in [0, 0.1) is 0 Å². The highest BCUT2D eigenvalue weighted by Gasteiger charge is 1.96. The molecule has 15 heavy (non-hydrogen) atoms. The van der Waals surface area contributed by atoms with Crippen LogP contribution in [0.25, 0.3) is 0 Å². The van der Waals surface area contributed by atoms with Gasteiger partial charge in [0.1, 0.15) is 0 Å². The molecule has 1 aromatic rings. The molecule has 86 valence electrons. The Morgan fingerprint density at radius 3 is 2.80 bits per heavy atom. The Morgan fingerprint density at radius 1 is 1.33 bits per heavy atom. The van der Waals surface area contributed by atoms with Crippen molar-refractivity contribution in [3.05, 3.63) is 12.4 Å². The molecule has 0 unspecified atom stereocenters. The normalized spacial score (nSPS) is 10.5. The van der Waals surface area contributed by atoms with Crippen molar-refractivity contribution in [1.29, 1.82) is 0 Å². The lowest BCUT2D eigenvalue weighted by Crippen LogP contribution is -2.06. The summed E-state index contributed by atoms with van der Waals surface area (Å²) in [5, 5.41) is 3.33. The summed E-state index contributed by atoms with van der Waals surface area (Å²) in [7, 11) is 2.01. The van der Waals surface area contributed by atoms with E-state index in [0.29, 0.717) is 0 Å².